The van der Waals surface area contributed by atoms with Gasteiger partial charge in [0.05, 0.1) is 19.3 Å². The standard InChI is InChI=1S/C19H29N3O4.C2H2O4/c23-17(14-22-7-9-24-10-8-22)13-21-5-3-20(4-6-21)12-16-1-2-18-19(11-16)26-15-25-18;3-1(4)2(5)6/h1-2,11,17,23H,3-10,12-15H2;(H,3,4)(H,5,6). The molecule has 2 saturated heterocycles. The van der Waals surface area contributed by atoms with Crippen molar-refractivity contribution in [2.75, 3.05) is 72.4 Å². The molecular formula is C21H31N3O8. The minimum absolute atomic E-state index is 0.284. The molecule has 0 aromatic heterocycles. The molecule has 178 valence electrons. The molecule has 0 saturated carbocycles. The summed E-state index contributed by atoms with van der Waals surface area (Å²) in [6.45, 7) is 10.3. The van der Waals surface area contributed by atoms with Crippen LogP contribution in [0.25, 0.3) is 0 Å². The van der Waals surface area contributed by atoms with E-state index in [1.54, 1.807) is 0 Å². The molecule has 2 fully saturated rings. The molecule has 0 aliphatic carbocycles. The molecule has 0 amide bonds. The van der Waals surface area contributed by atoms with Gasteiger partial charge in [0.15, 0.2) is 11.5 Å². The van der Waals surface area contributed by atoms with Gasteiger partial charge in [-0.2, -0.15) is 0 Å². The Bertz CT molecular complexity index is 751. The number of β-amino-alcohol motifs (C(OH)–C–C–N with tert-alkyl or cyclic N) is 1. The molecule has 3 N–H and O–H groups in total. The minimum Gasteiger partial charge on any atom is -0.473 e. The minimum atomic E-state index is -1.82. The van der Waals surface area contributed by atoms with Crippen LogP contribution in [0.2, 0.25) is 0 Å². The SMILES string of the molecule is O=C(O)C(=O)O.OC(CN1CCOCC1)CN1CCN(Cc2ccc3c(c2)OCO3)CC1. The number of hydrogen-bond donors (Lipinski definition) is 3. The van der Waals surface area contributed by atoms with Crippen LogP contribution in [-0.2, 0) is 20.9 Å². The normalized spacial score (nSPS) is 20.3. The molecule has 1 unspecified atom stereocenters. The first-order valence-corrected chi connectivity index (χ1v) is 10.7. The highest BCUT2D eigenvalue weighted by molar-refractivity contribution is 6.27. The maximum Gasteiger partial charge on any atom is 0.414 e. The Balaban J connectivity index is 0.000000427. The van der Waals surface area contributed by atoms with E-state index in [0.717, 1.165) is 83.6 Å². The van der Waals surface area contributed by atoms with Crippen molar-refractivity contribution >= 4 is 11.9 Å². The summed E-state index contributed by atoms with van der Waals surface area (Å²) in [7, 11) is 0. The number of morpholine rings is 1. The second-order valence-electron chi connectivity index (χ2n) is 7.94. The van der Waals surface area contributed by atoms with E-state index in [1.807, 2.05) is 6.07 Å². The predicted molar refractivity (Wildman–Crippen MR) is 113 cm³/mol. The zero-order valence-electron chi connectivity index (χ0n) is 18.0. The van der Waals surface area contributed by atoms with Crippen LogP contribution in [-0.4, -0.2) is 120 Å². The molecule has 3 aliphatic rings. The summed E-state index contributed by atoms with van der Waals surface area (Å²) in [5.41, 5.74) is 1.26. The number of carboxylic acid groups (broad SMARTS) is 2. The maximum absolute atomic E-state index is 10.4. The Morgan fingerprint density at radius 2 is 1.41 bits per heavy atom. The third kappa shape index (κ3) is 7.61. The molecule has 4 rings (SSSR count). The number of nitrogens with zero attached hydrogens (tertiary/aromatic N) is 3. The fourth-order valence-corrected chi connectivity index (χ4v) is 3.87. The summed E-state index contributed by atoms with van der Waals surface area (Å²) >= 11 is 0. The van der Waals surface area contributed by atoms with Crippen molar-refractivity contribution in [3.63, 3.8) is 0 Å². The Labute approximate surface area is 186 Å². The molecule has 1 aromatic carbocycles. The first-order chi connectivity index (χ1) is 15.4. The number of ether oxygens (including phenoxy) is 3. The molecule has 3 heterocycles. The first kappa shape index (κ1) is 24.2. The van der Waals surface area contributed by atoms with E-state index in [4.69, 9.17) is 34.0 Å². The average Bonchev–Trinajstić information content (AvgIpc) is 3.24. The van der Waals surface area contributed by atoms with Gasteiger partial charge in [0.25, 0.3) is 0 Å². The maximum atomic E-state index is 10.4. The van der Waals surface area contributed by atoms with Gasteiger partial charge in [0, 0.05) is 58.9 Å². The highest BCUT2D eigenvalue weighted by Crippen LogP contribution is 2.32. The molecule has 1 aromatic rings. The molecule has 32 heavy (non-hydrogen) atoms. The number of aliphatic hydroxyl groups is 1. The van der Waals surface area contributed by atoms with Crippen LogP contribution in [0.5, 0.6) is 11.5 Å². The van der Waals surface area contributed by atoms with Crippen LogP contribution >= 0.6 is 0 Å². The van der Waals surface area contributed by atoms with Crippen LogP contribution in [0, 0.1) is 0 Å². The summed E-state index contributed by atoms with van der Waals surface area (Å²) in [4.78, 5) is 25.3. The number of hydrogen-bond acceptors (Lipinski definition) is 9. The fourth-order valence-electron chi connectivity index (χ4n) is 3.87. The van der Waals surface area contributed by atoms with Gasteiger partial charge >= 0.3 is 11.9 Å². The van der Waals surface area contributed by atoms with Crippen molar-refractivity contribution in [1.82, 2.24) is 14.7 Å². The van der Waals surface area contributed by atoms with E-state index < -0.39 is 11.9 Å². The Morgan fingerprint density at radius 3 is 2.03 bits per heavy atom. The van der Waals surface area contributed by atoms with Crippen molar-refractivity contribution in [2.24, 2.45) is 0 Å². The van der Waals surface area contributed by atoms with E-state index >= 15 is 0 Å². The van der Waals surface area contributed by atoms with Crippen LogP contribution < -0.4 is 9.47 Å². The van der Waals surface area contributed by atoms with E-state index in [0.29, 0.717) is 6.79 Å². The lowest BCUT2D eigenvalue weighted by atomic mass is 10.1. The highest BCUT2D eigenvalue weighted by atomic mass is 16.7. The number of benzene rings is 1. The topological polar surface area (TPSA) is 132 Å². The molecule has 0 bridgehead atoms. The zero-order chi connectivity index (χ0) is 22.9. The third-order valence-electron chi connectivity index (χ3n) is 5.53. The van der Waals surface area contributed by atoms with Gasteiger partial charge < -0.3 is 29.5 Å². The second kappa shape index (κ2) is 12.0. The lowest BCUT2D eigenvalue weighted by molar-refractivity contribution is -0.159. The Morgan fingerprint density at radius 1 is 0.844 bits per heavy atom. The number of carboxylic acids is 2. The van der Waals surface area contributed by atoms with Crippen molar-refractivity contribution < 1.29 is 39.1 Å². The lowest BCUT2D eigenvalue weighted by Gasteiger charge is -2.36. The van der Waals surface area contributed by atoms with Crippen LogP contribution in [0.15, 0.2) is 18.2 Å². The summed E-state index contributed by atoms with van der Waals surface area (Å²) in [5.74, 6) is -1.95. The molecule has 0 radical (unpaired) electrons. The van der Waals surface area contributed by atoms with E-state index in [1.165, 1.54) is 5.56 Å². The highest BCUT2D eigenvalue weighted by Gasteiger charge is 2.22. The smallest absolute Gasteiger partial charge is 0.414 e. The van der Waals surface area contributed by atoms with Gasteiger partial charge in [-0.1, -0.05) is 6.07 Å². The third-order valence-corrected chi connectivity index (χ3v) is 5.53. The first-order valence-electron chi connectivity index (χ1n) is 10.7. The van der Waals surface area contributed by atoms with Gasteiger partial charge in [0.1, 0.15) is 0 Å². The number of rotatable bonds is 6. The van der Waals surface area contributed by atoms with Crippen molar-refractivity contribution in [2.45, 2.75) is 12.6 Å². The molecule has 11 nitrogen and oxygen atoms in total. The zero-order valence-corrected chi connectivity index (χ0v) is 18.0. The summed E-state index contributed by atoms with van der Waals surface area (Å²) in [6.07, 6.45) is -0.284. The van der Waals surface area contributed by atoms with Gasteiger partial charge in [-0.05, 0) is 17.7 Å². The van der Waals surface area contributed by atoms with Crippen LogP contribution in [0.1, 0.15) is 5.56 Å². The number of piperazine rings is 1. The van der Waals surface area contributed by atoms with E-state index in [-0.39, 0.29) is 6.10 Å². The molecular weight excluding hydrogens is 422 g/mol. The van der Waals surface area contributed by atoms with Crippen molar-refractivity contribution in [1.29, 1.82) is 0 Å². The average molecular weight is 453 g/mol. The van der Waals surface area contributed by atoms with Crippen molar-refractivity contribution in [3.8, 4) is 11.5 Å². The second-order valence-corrected chi connectivity index (χ2v) is 7.94. The summed E-state index contributed by atoms with van der Waals surface area (Å²) in [5, 5.41) is 25.2. The summed E-state index contributed by atoms with van der Waals surface area (Å²) in [6, 6.07) is 6.20. The molecule has 0 spiro atoms. The lowest BCUT2D eigenvalue weighted by Crippen LogP contribution is -2.50. The van der Waals surface area contributed by atoms with Gasteiger partial charge in [-0.15, -0.1) is 0 Å². The monoisotopic (exact) mass is 453 g/mol. The fraction of sp³-hybridized carbons (Fsp3) is 0.619. The Kier molecular flexibility index (Phi) is 9.06. The molecule has 11 heteroatoms. The van der Waals surface area contributed by atoms with Gasteiger partial charge in [0.2, 0.25) is 6.79 Å². The number of carbonyl (C=O) groups is 2. The largest absolute Gasteiger partial charge is 0.473 e. The van der Waals surface area contributed by atoms with E-state index in [9.17, 15) is 5.11 Å². The number of aliphatic carboxylic acids is 2. The Hall–Kier alpha value is -2.44. The number of fused-ring (bicyclic) bond motifs is 1. The summed E-state index contributed by atoms with van der Waals surface area (Å²) < 4.78 is 16.2. The molecule has 3 aliphatic heterocycles. The quantitative estimate of drug-likeness (QED) is 0.476. The number of aliphatic hydroxyl groups excluding tert-OH is 1. The van der Waals surface area contributed by atoms with Crippen molar-refractivity contribution in [3.05, 3.63) is 23.8 Å². The van der Waals surface area contributed by atoms with E-state index in [2.05, 4.69) is 26.8 Å². The molecule has 1 atom stereocenters. The van der Waals surface area contributed by atoms with Gasteiger partial charge in [-0.25, -0.2) is 9.59 Å². The van der Waals surface area contributed by atoms with Crippen LogP contribution in [0.3, 0.4) is 0 Å². The van der Waals surface area contributed by atoms with Crippen LogP contribution in [0.4, 0.5) is 0 Å². The predicted octanol–water partition coefficient (Wildman–Crippen LogP) is -0.618. The van der Waals surface area contributed by atoms with Gasteiger partial charge in [-0.3, -0.25) is 14.7 Å².